The van der Waals surface area contributed by atoms with Gasteiger partial charge in [-0.3, -0.25) is 0 Å². The molecule has 0 atom stereocenters. The Morgan fingerprint density at radius 1 is 0.889 bits per heavy atom. The normalized spacial score (nSPS) is 10.7. The van der Waals surface area contributed by atoms with Gasteiger partial charge in [-0.1, -0.05) is 80.5 Å². The number of rotatable bonds is 2. The van der Waals surface area contributed by atoms with E-state index in [1.165, 1.54) is 0 Å². The minimum Gasteiger partial charge on any atom is -0.0876 e. The van der Waals surface area contributed by atoms with Gasteiger partial charge in [0.15, 0.2) is 0 Å². The molecule has 18 heavy (non-hydrogen) atoms. The maximum Gasteiger partial charge on any atom is 0.0778 e. The first-order valence-corrected chi connectivity index (χ1v) is 7.66. The SMILES string of the molecule is Clc1cc(-c2cccc(CBr)c2Cl)cc(Cl)c1Cl. The van der Waals surface area contributed by atoms with Crippen LogP contribution in [0.1, 0.15) is 5.56 Å². The Balaban J connectivity index is 2.62. The van der Waals surface area contributed by atoms with Gasteiger partial charge in [0.2, 0.25) is 0 Å². The van der Waals surface area contributed by atoms with Crippen molar-refractivity contribution in [3.63, 3.8) is 0 Å². The first-order valence-electron chi connectivity index (χ1n) is 5.03. The Morgan fingerprint density at radius 3 is 2.06 bits per heavy atom. The highest BCUT2D eigenvalue weighted by atomic mass is 79.9. The third-order valence-electron chi connectivity index (χ3n) is 2.52. The van der Waals surface area contributed by atoms with Crippen LogP contribution in [0.3, 0.4) is 0 Å². The van der Waals surface area contributed by atoms with Crippen LogP contribution in [0.25, 0.3) is 11.1 Å². The van der Waals surface area contributed by atoms with Crippen LogP contribution in [0.4, 0.5) is 0 Å². The lowest BCUT2D eigenvalue weighted by atomic mass is 10.0. The lowest BCUT2D eigenvalue weighted by Gasteiger charge is -2.10. The Labute approximate surface area is 134 Å². The molecule has 2 rings (SSSR count). The van der Waals surface area contributed by atoms with E-state index in [0.717, 1.165) is 16.7 Å². The van der Waals surface area contributed by atoms with Crippen molar-refractivity contribution in [2.75, 3.05) is 0 Å². The minimum atomic E-state index is 0.356. The molecule has 0 N–H and O–H groups in total. The maximum atomic E-state index is 6.34. The molecule has 0 amide bonds. The number of halogens is 5. The summed E-state index contributed by atoms with van der Waals surface area (Å²) in [4.78, 5) is 0. The molecule has 0 bridgehead atoms. The molecule has 0 aliphatic rings. The average Bonchev–Trinajstić information content (AvgIpc) is 2.35. The van der Waals surface area contributed by atoms with E-state index < -0.39 is 0 Å². The molecule has 0 saturated heterocycles. The van der Waals surface area contributed by atoms with E-state index in [0.29, 0.717) is 25.4 Å². The van der Waals surface area contributed by atoms with Crippen molar-refractivity contribution in [1.82, 2.24) is 0 Å². The van der Waals surface area contributed by atoms with E-state index in [9.17, 15) is 0 Å². The molecule has 0 aromatic heterocycles. The first-order chi connectivity index (χ1) is 8.54. The molecule has 0 aliphatic carbocycles. The smallest absolute Gasteiger partial charge is 0.0778 e. The summed E-state index contributed by atoms with van der Waals surface area (Å²) < 4.78 is 0. The Hall–Kier alpha value is 0.0800. The van der Waals surface area contributed by atoms with Crippen LogP contribution >= 0.6 is 62.3 Å². The predicted molar refractivity (Wildman–Crippen MR) is 84.5 cm³/mol. The molecule has 5 heteroatoms. The molecule has 0 radical (unpaired) electrons. The van der Waals surface area contributed by atoms with Crippen molar-refractivity contribution < 1.29 is 0 Å². The van der Waals surface area contributed by atoms with E-state index >= 15 is 0 Å². The standard InChI is InChI=1S/C13H7BrCl4/c14-6-7-2-1-3-9(12(7)17)8-4-10(15)13(18)11(16)5-8/h1-5H,6H2. The molecule has 0 heterocycles. The second-order valence-electron chi connectivity index (χ2n) is 3.67. The van der Waals surface area contributed by atoms with Gasteiger partial charge in [0.25, 0.3) is 0 Å². The van der Waals surface area contributed by atoms with Gasteiger partial charge in [-0.25, -0.2) is 0 Å². The minimum absolute atomic E-state index is 0.356. The van der Waals surface area contributed by atoms with Gasteiger partial charge in [-0.15, -0.1) is 0 Å². The van der Waals surface area contributed by atoms with Gasteiger partial charge in [0, 0.05) is 10.9 Å². The van der Waals surface area contributed by atoms with Crippen LogP contribution in [0.15, 0.2) is 30.3 Å². The molecule has 0 unspecified atom stereocenters. The van der Waals surface area contributed by atoms with Gasteiger partial charge < -0.3 is 0 Å². The molecular weight excluding hydrogens is 378 g/mol. The third-order valence-corrected chi connectivity index (χ3v) is 4.76. The fourth-order valence-electron chi connectivity index (χ4n) is 1.62. The zero-order chi connectivity index (χ0) is 13.3. The second kappa shape index (κ2) is 6.02. The largest absolute Gasteiger partial charge is 0.0876 e. The quantitative estimate of drug-likeness (QED) is 0.391. The topological polar surface area (TPSA) is 0 Å². The number of hydrogen-bond acceptors (Lipinski definition) is 0. The summed E-state index contributed by atoms with van der Waals surface area (Å²) in [6, 6.07) is 9.34. The molecule has 0 saturated carbocycles. The fraction of sp³-hybridized carbons (Fsp3) is 0.0769. The maximum absolute atomic E-state index is 6.34. The Kier molecular flexibility index (Phi) is 4.85. The van der Waals surface area contributed by atoms with Gasteiger partial charge in [-0.05, 0) is 23.3 Å². The van der Waals surface area contributed by atoms with Crippen molar-refractivity contribution >= 4 is 62.3 Å². The molecule has 94 valence electrons. The van der Waals surface area contributed by atoms with Crippen LogP contribution < -0.4 is 0 Å². The van der Waals surface area contributed by atoms with E-state index in [4.69, 9.17) is 46.4 Å². The molecule has 0 aliphatic heterocycles. The van der Waals surface area contributed by atoms with Crippen molar-refractivity contribution in [3.8, 4) is 11.1 Å². The van der Waals surface area contributed by atoms with E-state index in [-0.39, 0.29) is 0 Å². The van der Waals surface area contributed by atoms with Crippen molar-refractivity contribution in [1.29, 1.82) is 0 Å². The zero-order valence-corrected chi connectivity index (χ0v) is 13.6. The van der Waals surface area contributed by atoms with Gasteiger partial charge >= 0.3 is 0 Å². The second-order valence-corrected chi connectivity index (χ2v) is 5.80. The molecule has 0 nitrogen and oxygen atoms in total. The van der Waals surface area contributed by atoms with Gasteiger partial charge in [-0.2, -0.15) is 0 Å². The highest BCUT2D eigenvalue weighted by Gasteiger charge is 2.11. The summed E-state index contributed by atoms with van der Waals surface area (Å²) in [6.45, 7) is 0. The number of alkyl halides is 1. The summed E-state index contributed by atoms with van der Waals surface area (Å²) >= 11 is 27.7. The first kappa shape index (κ1) is 14.5. The zero-order valence-electron chi connectivity index (χ0n) is 8.98. The summed E-state index contributed by atoms with van der Waals surface area (Å²) in [6.07, 6.45) is 0. The third kappa shape index (κ3) is 2.81. The predicted octanol–water partition coefficient (Wildman–Crippen LogP) is 6.86. The van der Waals surface area contributed by atoms with Crippen molar-refractivity contribution in [2.24, 2.45) is 0 Å². The summed E-state index contributed by atoms with van der Waals surface area (Å²) in [5, 5.41) is 2.56. The van der Waals surface area contributed by atoms with Gasteiger partial charge in [0.05, 0.1) is 20.1 Å². The summed E-state index contributed by atoms with van der Waals surface area (Å²) in [7, 11) is 0. The van der Waals surface area contributed by atoms with E-state index in [1.54, 1.807) is 12.1 Å². The van der Waals surface area contributed by atoms with Crippen LogP contribution in [0.5, 0.6) is 0 Å². The highest BCUT2D eigenvalue weighted by Crippen LogP contribution is 2.38. The lowest BCUT2D eigenvalue weighted by Crippen LogP contribution is -1.86. The van der Waals surface area contributed by atoms with Gasteiger partial charge in [0.1, 0.15) is 0 Å². The Bertz CT molecular complexity index is 573. The van der Waals surface area contributed by atoms with Crippen molar-refractivity contribution in [2.45, 2.75) is 5.33 Å². The molecule has 2 aromatic rings. The Morgan fingerprint density at radius 2 is 1.50 bits per heavy atom. The average molecular weight is 385 g/mol. The lowest BCUT2D eigenvalue weighted by molar-refractivity contribution is 1.43. The molecule has 0 spiro atoms. The van der Waals surface area contributed by atoms with Crippen LogP contribution in [0, 0.1) is 0 Å². The highest BCUT2D eigenvalue weighted by molar-refractivity contribution is 9.08. The van der Waals surface area contributed by atoms with Crippen LogP contribution in [-0.2, 0) is 5.33 Å². The van der Waals surface area contributed by atoms with Crippen LogP contribution in [-0.4, -0.2) is 0 Å². The molecular formula is C13H7BrCl4. The number of hydrogen-bond donors (Lipinski definition) is 0. The van der Waals surface area contributed by atoms with E-state index in [2.05, 4.69) is 15.9 Å². The fourth-order valence-corrected chi connectivity index (χ4v) is 3.14. The number of benzene rings is 2. The summed E-state index contributed by atoms with van der Waals surface area (Å²) in [5.41, 5.74) is 2.74. The molecule has 0 fully saturated rings. The van der Waals surface area contributed by atoms with E-state index in [1.807, 2.05) is 18.2 Å². The summed E-state index contributed by atoms with van der Waals surface area (Å²) in [5.74, 6) is 0. The monoisotopic (exact) mass is 382 g/mol. The van der Waals surface area contributed by atoms with Crippen LogP contribution in [0.2, 0.25) is 20.1 Å². The molecule has 2 aromatic carbocycles. The van der Waals surface area contributed by atoms with Crippen molar-refractivity contribution in [3.05, 3.63) is 56.0 Å².